The molecule has 5 heteroatoms. The number of carbonyl (C=O) groups is 1. The molecule has 0 aliphatic heterocycles. The molecule has 0 aliphatic carbocycles. The zero-order chi connectivity index (χ0) is 17.1. The van der Waals surface area contributed by atoms with Crippen LogP contribution in [-0.2, 0) is 0 Å². The molecule has 3 rings (SSSR count). The van der Waals surface area contributed by atoms with Crippen LogP contribution in [0.1, 0.15) is 34.6 Å². The number of amides is 1. The fourth-order valence-electron chi connectivity index (χ4n) is 2.54. The van der Waals surface area contributed by atoms with Gasteiger partial charge in [0, 0.05) is 10.0 Å². The van der Waals surface area contributed by atoms with Crippen LogP contribution in [0.2, 0.25) is 0 Å². The number of carbonyl (C=O) groups excluding carboxylic acids is 1. The molecule has 1 heterocycles. The predicted octanol–water partition coefficient (Wildman–Crippen LogP) is 4.90. The number of aromatic nitrogens is 1. The smallest absolute Gasteiger partial charge is 0.257 e. The Labute approximate surface area is 149 Å². The molecule has 0 radical (unpaired) electrons. The molecule has 0 saturated heterocycles. The van der Waals surface area contributed by atoms with Crippen LogP contribution >= 0.6 is 15.9 Å². The molecule has 1 aromatic heterocycles. The third-order valence-electron chi connectivity index (χ3n) is 3.85. The Morgan fingerprint density at radius 3 is 2.46 bits per heavy atom. The molecule has 0 unspecified atom stereocenters. The number of hydrogen-bond donors (Lipinski definition) is 1. The first kappa shape index (κ1) is 16.5. The summed E-state index contributed by atoms with van der Waals surface area (Å²) in [5.74, 6) is 0.317. The number of aryl methyl sites for hydroxylation is 1. The van der Waals surface area contributed by atoms with Crippen molar-refractivity contribution in [3.8, 4) is 11.3 Å². The van der Waals surface area contributed by atoms with E-state index in [2.05, 4.69) is 26.4 Å². The van der Waals surface area contributed by atoms with Gasteiger partial charge in [-0.15, -0.1) is 0 Å². The summed E-state index contributed by atoms with van der Waals surface area (Å²) in [5, 5.41) is 7.07. The second-order valence-corrected chi connectivity index (χ2v) is 6.49. The van der Waals surface area contributed by atoms with Gasteiger partial charge in [0.15, 0.2) is 0 Å². The van der Waals surface area contributed by atoms with Crippen LogP contribution in [0.25, 0.3) is 11.3 Å². The summed E-state index contributed by atoms with van der Waals surface area (Å²) in [6.07, 6.45) is 0. The van der Waals surface area contributed by atoms with E-state index in [0.717, 1.165) is 15.6 Å². The average molecular weight is 385 g/mol. The molecule has 0 bridgehead atoms. The van der Waals surface area contributed by atoms with Gasteiger partial charge in [0.2, 0.25) is 0 Å². The molecular formula is C19H17BrN2O2. The van der Waals surface area contributed by atoms with Crippen molar-refractivity contribution in [3.05, 3.63) is 76.0 Å². The van der Waals surface area contributed by atoms with E-state index in [-0.39, 0.29) is 11.9 Å². The van der Waals surface area contributed by atoms with Crippen LogP contribution in [0, 0.1) is 6.92 Å². The van der Waals surface area contributed by atoms with Crippen molar-refractivity contribution in [3.63, 3.8) is 0 Å². The largest absolute Gasteiger partial charge is 0.360 e. The Bertz CT molecular complexity index is 842. The van der Waals surface area contributed by atoms with E-state index in [0.29, 0.717) is 17.0 Å². The maximum Gasteiger partial charge on any atom is 0.257 e. The predicted molar refractivity (Wildman–Crippen MR) is 96.7 cm³/mol. The van der Waals surface area contributed by atoms with E-state index < -0.39 is 0 Å². The quantitative estimate of drug-likeness (QED) is 0.695. The molecule has 0 fully saturated rings. The zero-order valence-electron chi connectivity index (χ0n) is 13.4. The molecule has 24 heavy (non-hydrogen) atoms. The molecule has 0 spiro atoms. The van der Waals surface area contributed by atoms with Crippen LogP contribution in [0.3, 0.4) is 0 Å². The summed E-state index contributed by atoms with van der Waals surface area (Å²) in [5.41, 5.74) is 2.93. The Hall–Kier alpha value is -2.40. The van der Waals surface area contributed by atoms with Crippen LogP contribution in [0.15, 0.2) is 63.6 Å². The number of benzene rings is 2. The summed E-state index contributed by atoms with van der Waals surface area (Å²) >= 11 is 3.41. The summed E-state index contributed by atoms with van der Waals surface area (Å²) in [7, 11) is 0. The van der Waals surface area contributed by atoms with Gasteiger partial charge in [-0.1, -0.05) is 63.6 Å². The summed E-state index contributed by atoms with van der Waals surface area (Å²) in [6, 6.07) is 17.3. The Balaban J connectivity index is 1.85. The second-order valence-electron chi connectivity index (χ2n) is 5.58. The summed E-state index contributed by atoms with van der Waals surface area (Å²) < 4.78 is 6.26. The minimum absolute atomic E-state index is 0.122. The first-order chi connectivity index (χ1) is 11.6. The van der Waals surface area contributed by atoms with Gasteiger partial charge in [0.25, 0.3) is 5.91 Å². The minimum atomic E-state index is -0.192. The number of nitrogens with zero attached hydrogens (tertiary/aromatic N) is 1. The fourth-order valence-corrected chi connectivity index (χ4v) is 2.80. The van der Waals surface area contributed by atoms with Crippen LogP contribution in [0.5, 0.6) is 0 Å². The Morgan fingerprint density at radius 1 is 1.12 bits per heavy atom. The normalized spacial score (nSPS) is 12.0. The highest BCUT2D eigenvalue weighted by molar-refractivity contribution is 9.10. The minimum Gasteiger partial charge on any atom is -0.360 e. The highest BCUT2D eigenvalue weighted by atomic mass is 79.9. The molecule has 0 aliphatic rings. The topological polar surface area (TPSA) is 55.1 Å². The van der Waals surface area contributed by atoms with Gasteiger partial charge in [-0.05, 0) is 31.5 Å². The average Bonchev–Trinajstić information content (AvgIpc) is 2.98. The van der Waals surface area contributed by atoms with Gasteiger partial charge in [-0.2, -0.15) is 0 Å². The van der Waals surface area contributed by atoms with Gasteiger partial charge >= 0.3 is 0 Å². The number of nitrogens with one attached hydrogen (secondary N) is 1. The molecule has 1 N–H and O–H groups in total. The first-order valence-electron chi connectivity index (χ1n) is 7.64. The van der Waals surface area contributed by atoms with E-state index in [9.17, 15) is 4.79 Å². The number of halogens is 1. The third-order valence-corrected chi connectivity index (χ3v) is 4.38. The maximum atomic E-state index is 12.8. The van der Waals surface area contributed by atoms with Gasteiger partial charge < -0.3 is 9.84 Å². The summed E-state index contributed by atoms with van der Waals surface area (Å²) in [4.78, 5) is 12.8. The second kappa shape index (κ2) is 7.01. The van der Waals surface area contributed by atoms with Crippen molar-refractivity contribution in [2.75, 3.05) is 0 Å². The van der Waals surface area contributed by atoms with Gasteiger partial charge in [0.1, 0.15) is 17.0 Å². The van der Waals surface area contributed by atoms with Crippen molar-refractivity contribution in [1.82, 2.24) is 10.5 Å². The first-order valence-corrected chi connectivity index (χ1v) is 8.43. The van der Waals surface area contributed by atoms with Crippen molar-refractivity contribution in [2.45, 2.75) is 19.9 Å². The molecular weight excluding hydrogens is 368 g/mol. The lowest BCUT2D eigenvalue weighted by Gasteiger charge is -2.14. The van der Waals surface area contributed by atoms with Gasteiger partial charge in [0.05, 0.1) is 6.04 Å². The molecule has 0 saturated carbocycles. The van der Waals surface area contributed by atoms with Crippen LogP contribution in [-0.4, -0.2) is 11.1 Å². The van der Waals surface area contributed by atoms with Crippen molar-refractivity contribution >= 4 is 21.8 Å². The van der Waals surface area contributed by atoms with Crippen molar-refractivity contribution < 1.29 is 9.32 Å². The van der Waals surface area contributed by atoms with Gasteiger partial charge in [-0.25, -0.2) is 0 Å². The van der Waals surface area contributed by atoms with Crippen LogP contribution in [0.4, 0.5) is 0 Å². The highest BCUT2D eigenvalue weighted by Gasteiger charge is 2.22. The standard InChI is InChI=1S/C19H17BrN2O2/c1-12(14-8-10-16(20)11-9-14)21-19(23)17-13(2)24-22-18(17)15-6-4-3-5-7-15/h3-12H,1-2H3,(H,21,23)/t12-/m0/s1. The van der Waals surface area contributed by atoms with E-state index in [1.807, 2.05) is 61.5 Å². The molecule has 1 atom stereocenters. The molecule has 2 aromatic carbocycles. The lowest BCUT2D eigenvalue weighted by atomic mass is 10.0. The number of hydrogen-bond acceptors (Lipinski definition) is 3. The maximum absolute atomic E-state index is 12.8. The van der Waals surface area contributed by atoms with Gasteiger partial charge in [-0.3, -0.25) is 4.79 Å². The Morgan fingerprint density at radius 2 is 1.79 bits per heavy atom. The Kier molecular flexibility index (Phi) is 4.81. The molecule has 1 amide bonds. The lowest BCUT2D eigenvalue weighted by Crippen LogP contribution is -2.27. The molecule has 3 aromatic rings. The van der Waals surface area contributed by atoms with E-state index in [1.165, 1.54) is 0 Å². The number of rotatable bonds is 4. The fraction of sp³-hybridized carbons (Fsp3) is 0.158. The zero-order valence-corrected chi connectivity index (χ0v) is 15.0. The SMILES string of the molecule is Cc1onc(-c2ccccc2)c1C(=O)N[C@@H](C)c1ccc(Br)cc1. The molecule has 4 nitrogen and oxygen atoms in total. The van der Waals surface area contributed by atoms with E-state index in [1.54, 1.807) is 6.92 Å². The van der Waals surface area contributed by atoms with Crippen LogP contribution < -0.4 is 5.32 Å². The lowest BCUT2D eigenvalue weighted by molar-refractivity contribution is 0.0939. The van der Waals surface area contributed by atoms with E-state index >= 15 is 0 Å². The van der Waals surface area contributed by atoms with E-state index in [4.69, 9.17) is 4.52 Å². The summed E-state index contributed by atoms with van der Waals surface area (Å²) in [6.45, 7) is 3.70. The highest BCUT2D eigenvalue weighted by Crippen LogP contribution is 2.26. The molecule has 122 valence electrons. The third kappa shape index (κ3) is 3.41. The monoisotopic (exact) mass is 384 g/mol. The van der Waals surface area contributed by atoms with Crippen molar-refractivity contribution in [2.24, 2.45) is 0 Å². The van der Waals surface area contributed by atoms with Crippen molar-refractivity contribution in [1.29, 1.82) is 0 Å².